The van der Waals surface area contributed by atoms with Gasteiger partial charge in [-0.2, -0.15) is 0 Å². The van der Waals surface area contributed by atoms with E-state index in [-0.39, 0.29) is 12.1 Å². The van der Waals surface area contributed by atoms with Crippen molar-refractivity contribution < 1.29 is 4.79 Å². The monoisotopic (exact) mass is 444 g/mol. The van der Waals surface area contributed by atoms with Crippen LogP contribution >= 0.6 is 38.5 Å². The molecule has 0 fully saturated rings. The van der Waals surface area contributed by atoms with E-state index in [4.69, 9.17) is 0 Å². The number of carbonyl (C=O) groups excluding carboxylic acids is 1. The summed E-state index contributed by atoms with van der Waals surface area (Å²) in [7, 11) is 0. The van der Waals surface area contributed by atoms with Crippen LogP contribution in [-0.2, 0) is 0 Å². The van der Waals surface area contributed by atoms with E-state index in [1.807, 2.05) is 55.5 Å². The molecule has 0 radical (unpaired) electrons. The van der Waals surface area contributed by atoms with E-state index >= 15 is 0 Å². The third kappa shape index (κ3) is 4.49. The summed E-state index contributed by atoms with van der Waals surface area (Å²) in [5, 5.41) is 5.73. The minimum absolute atomic E-state index is 0.0491. The first-order valence-corrected chi connectivity index (χ1v) is 8.00. The molecule has 0 aliphatic heterocycles. The molecular formula is C15H14BrIN2O. The van der Waals surface area contributed by atoms with Crippen LogP contribution in [0.15, 0.2) is 53.0 Å². The predicted molar refractivity (Wildman–Crippen MR) is 93.9 cm³/mol. The number of hydrogen-bond donors (Lipinski definition) is 2. The van der Waals surface area contributed by atoms with Gasteiger partial charge in [0.25, 0.3) is 0 Å². The summed E-state index contributed by atoms with van der Waals surface area (Å²) in [4.78, 5) is 11.9. The Morgan fingerprint density at radius 1 is 1.10 bits per heavy atom. The van der Waals surface area contributed by atoms with Gasteiger partial charge < -0.3 is 10.6 Å². The molecule has 2 aromatic carbocycles. The van der Waals surface area contributed by atoms with Gasteiger partial charge in [-0.15, -0.1) is 0 Å². The average molecular weight is 445 g/mol. The Kier molecular flexibility index (Phi) is 5.42. The average Bonchev–Trinajstić information content (AvgIpc) is 2.42. The molecule has 0 aromatic heterocycles. The summed E-state index contributed by atoms with van der Waals surface area (Å²) in [5.74, 6) is 0. The molecule has 3 nitrogen and oxygen atoms in total. The third-order valence-corrected chi connectivity index (χ3v) is 4.07. The van der Waals surface area contributed by atoms with Gasteiger partial charge in [-0.3, -0.25) is 0 Å². The second-order valence-electron chi connectivity index (χ2n) is 4.38. The maximum Gasteiger partial charge on any atom is 0.319 e. The molecule has 2 amide bonds. The van der Waals surface area contributed by atoms with E-state index in [1.165, 1.54) is 0 Å². The van der Waals surface area contributed by atoms with Crippen molar-refractivity contribution in [2.75, 3.05) is 5.32 Å². The summed E-state index contributed by atoms with van der Waals surface area (Å²) in [5.41, 5.74) is 1.84. The van der Waals surface area contributed by atoms with E-state index in [1.54, 1.807) is 0 Å². The fraction of sp³-hybridized carbons (Fsp3) is 0.133. The first kappa shape index (κ1) is 15.3. The van der Waals surface area contributed by atoms with Gasteiger partial charge in [0.15, 0.2) is 0 Å². The topological polar surface area (TPSA) is 41.1 Å². The number of carbonyl (C=O) groups is 1. The summed E-state index contributed by atoms with van der Waals surface area (Å²) in [6.45, 7) is 1.96. The van der Waals surface area contributed by atoms with Crippen molar-refractivity contribution in [1.82, 2.24) is 5.32 Å². The van der Waals surface area contributed by atoms with Crippen LogP contribution < -0.4 is 10.6 Å². The van der Waals surface area contributed by atoms with E-state index in [9.17, 15) is 4.79 Å². The number of benzene rings is 2. The van der Waals surface area contributed by atoms with Gasteiger partial charge in [0, 0.05) is 13.7 Å². The van der Waals surface area contributed by atoms with Gasteiger partial charge in [0.2, 0.25) is 0 Å². The van der Waals surface area contributed by atoms with E-state index in [2.05, 4.69) is 49.2 Å². The second kappa shape index (κ2) is 7.08. The molecule has 0 saturated heterocycles. The number of hydrogen-bond acceptors (Lipinski definition) is 1. The smallest absolute Gasteiger partial charge is 0.319 e. The molecule has 1 unspecified atom stereocenters. The first-order valence-electron chi connectivity index (χ1n) is 6.13. The molecule has 0 bridgehead atoms. The molecule has 2 N–H and O–H groups in total. The zero-order chi connectivity index (χ0) is 14.5. The van der Waals surface area contributed by atoms with Crippen LogP contribution in [0.25, 0.3) is 0 Å². The van der Waals surface area contributed by atoms with Gasteiger partial charge in [-0.05, 0) is 71.5 Å². The van der Waals surface area contributed by atoms with E-state index in [0.717, 1.165) is 19.3 Å². The first-order chi connectivity index (χ1) is 9.54. The molecule has 5 heteroatoms. The Labute approximate surface area is 140 Å². The largest absolute Gasteiger partial charge is 0.331 e. The molecule has 104 valence electrons. The number of anilines is 1. The van der Waals surface area contributed by atoms with Crippen LogP contribution in [-0.4, -0.2) is 6.03 Å². The molecule has 0 heterocycles. The van der Waals surface area contributed by atoms with Crippen molar-refractivity contribution in [1.29, 1.82) is 0 Å². The van der Waals surface area contributed by atoms with Crippen LogP contribution in [0.4, 0.5) is 10.5 Å². The standard InChI is InChI=1S/C15H14BrIN2O/c1-10(11-2-4-12(16)5-3-11)18-15(20)19-14-8-6-13(17)7-9-14/h2-10H,1H3,(H2,18,19,20). The van der Waals surface area contributed by atoms with Crippen molar-refractivity contribution in [3.05, 3.63) is 62.1 Å². The Balaban J connectivity index is 1.93. The van der Waals surface area contributed by atoms with Gasteiger partial charge in [0.05, 0.1) is 6.04 Å². The Morgan fingerprint density at radius 2 is 1.70 bits per heavy atom. The normalized spacial score (nSPS) is 11.8. The van der Waals surface area contributed by atoms with Crippen molar-refractivity contribution in [2.45, 2.75) is 13.0 Å². The van der Waals surface area contributed by atoms with Crippen LogP contribution in [0.1, 0.15) is 18.5 Å². The van der Waals surface area contributed by atoms with Gasteiger partial charge in [-0.1, -0.05) is 28.1 Å². The number of halogens is 2. The highest BCUT2D eigenvalue weighted by atomic mass is 127. The lowest BCUT2D eigenvalue weighted by Crippen LogP contribution is -2.31. The molecule has 0 aliphatic carbocycles. The number of urea groups is 1. The van der Waals surface area contributed by atoms with Crippen molar-refractivity contribution in [3.8, 4) is 0 Å². The van der Waals surface area contributed by atoms with Crippen LogP contribution in [0.5, 0.6) is 0 Å². The maximum atomic E-state index is 11.9. The molecule has 0 spiro atoms. The van der Waals surface area contributed by atoms with E-state index in [0.29, 0.717) is 0 Å². The van der Waals surface area contributed by atoms with Crippen molar-refractivity contribution >= 4 is 50.2 Å². The van der Waals surface area contributed by atoms with Crippen molar-refractivity contribution in [3.63, 3.8) is 0 Å². The van der Waals surface area contributed by atoms with Gasteiger partial charge in [-0.25, -0.2) is 4.79 Å². The molecule has 1 atom stereocenters. The van der Waals surface area contributed by atoms with Gasteiger partial charge >= 0.3 is 6.03 Å². The Hall–Kier alpha value is -1.08. The van der Waals surface area contributed by atoms with Crippen LogP contribution in [0.3, 0.4) is 0 Å². The predicted octanol–water partition coefficient (Wildman–Crippen LogP) is 4.94. The quantitative estimate of drug-likeness (QED) is 0.647. The zero-order valence-electron chi connectivity index (χ0n) is 10.9. The SMILES string of the molecule is CC(NC(=O)Nc1ccc(I)cc1)c1ccc(Br)cc1. The third-order valence-electron chi connectivity index (χ3n) is 2.82. The molecule has 20 heavy (non-hydrogen) atoms. The maximum absolute atomic E-state index is 11.9. The summed E-state index contributed by atoms with van der Waals surface area (Å²) < 4.78 is 2.16. The fourth-order valence-electron chi connectivity index (χ4n) is 1.73. The van der Waals surface area contributed by atoms with E-state index < -0.39 is 0 Å². The van der Waals surface area contributed by atoms with Crippen LogP contribution in [0, 0.1) is 3.57 Å². The summed E-state index contributed by atoms with van der Waals surface area (Å²) in [6, 6.07) is 15.3. The molecule has 0 aliphatic rings. The summed E-state index contributed by atoms with van der Waals surface area (Å²) in [6.07, 6.45) is 0. The lowest BCUT2D eigenvalue weighted by molar-refractivity contribution is 0.249. The highest BCUT2D eigenvalue weighted by Crippen LogP contribution is 2.17. The fourth-order valence-corrected chi connectivity index (χ4v) is 2.36. The zero-order valence-corrected chi connectivity index (χ0v) is 14.6. The van der Waals surface area contributed by atoms with Gasteiger partial charge in [0.1, 0.15) is 0 Å². The molecule has 2 rings (SSSR count). The lowest BCUT2D eigenvalue weighted by Gasteiger charge is -2.15. The number of rotatable bonds is 3. The Morgan fingerprint density at radius 3 is 2.30 bits per heavy atom. The molecule has 0 saturated carbocycles. The lowest BCUT2D eigenvalue weighted by atomic mass is 10.1. The molecular weight excluding hydrogens is 431 g/mol. The molecule has 2 aromatic rings. The van der Waals surface area contributed by atoms with Crippen LogP contribution in [0.2, 0.25) is 0 Å². The second-order valence-corrected chi connectivity index (χ2v) is 6.54. The highest BCUT2D eigenvalue weighted by molar-refractivity contribution is 14.1. The minimum Gasteiger partial charge on any atom is -0.331 e. The number of nitrogens with one attached hydrogen (secondary N) is 2. The Bertz CT molecular complexity index is 584. The van der Waals surface area contributed by atoms with Crippen molar-refractivity contribution in [2.24, 2.45) is 0 Å². The highest BCUT2D eigenvalue weighted by Gasteiger charge is 2.09. The number of amides is 2. The minimum atomic E-state index is -0.207. The summed E-state index contributed by atoms with van der Waals surface area (Å²) >= 11 is 5.62.